The Morgan fingerprint density at radius 1 is 1.56 bits per heavy atom. The molecule has 0 aromatic heterocycles. The van der Waals surface area contributed by atoms with Crippen LogP contribution in [0.3, 0.4) is 0 Å². The number of hydrogen-bond donors (Lipinski definition) is 0. The van der Waals surface area contributed by atoms with E-state index in [1.165, 1.54) is 0 Å². The topological polar surface area (TPSA) is 21.6 Å². The fourth-order valence-corrected chi connectivity index (χ4v) is 0.172. The third-order valence-electron chi connectivity index (χ3n) is 0.413. The molecule has 0 saturated heterocycles. The number of nitrogens with zero attached hydrogens (tertiary/aromatic N) is 1. The smallest absolute Gasteiger partial charge is 0.294 e. The second-order valence-electron chi connectivity index (χ2n) is 1.23. The maximum absolute atomic E-state index is 11.0. The van der Waals surface area contributed by atoms with Crippen LogP contribution in [-0.2, 0) is 4.84 Å². The van der Waals surface area contributed by atoms with Crippen LogP contribution in [0.1, 0.15) is 13.3 Å². The van der Waals surface area contributed by atoms with E-state index < -0.39 is 6.36 Å². The van der Waals surface area contributed by atoms with E-state index in [1.54, 1.807) is 6.92 Å². The molecule has 2 nitrogen and oxygen atoms in total. The predicted octanol–water partition coefficient (Wildman–Crippen LogP) is 1.92. The molecule has 0 rings (SSSR count). The highest BCUT2D eigenvalue weighted by atomic mass is 19.4. The lowest BCUT2D eigenvalue weighted by molar-refractivity contribution is -0.325. The summed E-state index contributed by atoms with van der Waals surface area (Å²) >= 11 is 0. The SMILES string of the molecule is CC/C=N\OC(F)(F)F. The summed E-state index contributed by atoms with van der Waals surface area (Å²) in [6.07, 6.45) is -3.19. The van der Waals surface area contributed by atoms with Crippen LogP contribution in [0.5, 0.6) is 0 Å². The average molecular weight is 141 g/mol. The van der Waals surface area contributed by atoms with E-state index in [9.17, 15) is 13.2 Å². The van der Waals surface area contributed by atoms with Gasteiger partial charge in [0.05, 0.1) is 0 Å². The fourth-order valence-electron chi connectivity index (χ4n) is 0.172. The van der Waals surface area contributed by atoms with Crippen molar-refractivity contribution in [2.75, 3.05) is 0 Å². The molecule has 0 saturated carbocycles. The van der Waals surface area contributed by atoms with E-state index in [4.69, 9.17) is 0 Å². The van der Waals surface area contributed by atoms with Crippen molar-refractivity contribution in [3.05, 3.63) is 0 Å². The first-order valence-corrected chi connectivity index (χ1v) is 2.33. The zero-order chi connectivity index (χ0) is 7.33. The quantitative estimate of drug-likeness (QED) is 0.425. The standard InChI is InChI=1S/C4H6F3NO/c1-2-3-8-9-4(5,6)7/h3H,2H2,1H3/b8-3-. The molecule has 0 aromatic rings. The second-order valence-corrected chi connectivity index (χ2v) is 1.23. The van der Waals surface area contributed by atoms with Gasteiger partial charge >= 0.3 is 6.36 Å². The third kappa shape index (κ3) is 7.26. The lowest BCUT2D eigenvalue weighted by Gasteiger charge is -1.99. The lowest BCUT2D eigenvalue weighted by Crippen LogP contribution is -2.08. The number of oxime groups is 1. The number of hydrogen-bond acceptors (Lipinski definition) is 2. The molecular formula is C4H6F3NO. The first kappa shape index (κ1) is 8.26. The van der Waals surface area contributed by atoms with Gasteiger partial charge in [-0.3, -0.25) is 4.84 Å². The van der Waals surface area contributed by atoms with Gasteiger partial charge in [-0.25, -0.2) is 0 Å². The van der Waals surface area contributed by atoms with Crippen LogP contribution < -0.4 is 0 Å². The minimum Gasteiger partial charge on any atom is -0.294 e. The zero-order valence-electron chi connectivity index (χ0n) is 4.77. The molecule has 0 heterocycles. The molecule has 9 heavy (non-hydrogen) atoms. The highest BCUT2D eigenvalue weighted by molar-refractivity contribution is 5.55. The van der Waals surface area contributed by atoms with Crippen molar-refractivity contribution in [3.63, 3.8) is 0 Å². The van der Waals surface area contributed by atoms with Crippen LogP contribution in [0.15, 0.2) is 5.16 Å². The Hall–Kier alpha value is -0.740. The summed E-state index contributed by atoms with van der Waals surface area (Å²) in [5, 5.41) is 2.61. The lowest BCUT2D eigenvalue weighted by atomic mass is 10.6. The molecule has 0 fully saturated rings. The van der Waals surface area contributed by atoms with Crippen LogP contribution in [-0.4, -0.2) is 12.6 Å². The minimum absolute atomic E-state index is 0.427. The van der Waals surface area contributed by atoms with Gasteiger partial charge in [0.1, 0.15) is 0 Å². The maximum Gasteiger partial charge on any atom is 0.593 e. The molecule has 0 aromatic carbocycles. The minimum atomic E-state index is -4.65. The Labute approximate surface area is 50.3 Å². The van der Waals surface area contributed by atoms with Gasteiger partial charge in [-0.05, 0) is 6.42 Å². The van der Waals surface area contributed by atoms with Gasteiger partial charge in [0.25, 0.3) is 0 Å². The van der Waals surface area contributed by atoms with Crippen LogP contribution in [0, 0.1) is 0 Å². The maximum atomic E-state index is 11.0. The molecule has 0 unspecified atom stereocenters. The molecule has 5 heteroatoms. The molecule has 0 aliphatic rings. The summed E-state index contributed by atoms with van der Waals surface area (Å²) in [6.45, 7) is 1.66. The summed E-state index contributed by atoms with van der Waals surface area (Å²) in [7, 11) is 0. The van der Waals surface area contributed by atoms with Gasteiger partial charge in [-0.1, -0.05) is 12.1 Å². The largest absolute Gasteiger partial charge is 0.593 e. The van der Waals surface area contributed by atoms with Crippen molar-refractivity contribution in [2.24, 2.45) is 5.16 Å². The molecule has 0 N–H and O–H groups in total. The van der Waals surface area contributed by atoms with Crippen molar-refractivity contribution in [3.8, 4) is 0 Å². The average Bonchev–Trinajstić information content (AvgIpc) is 1.63. The van der Waals surface area contributed by atoms with Crippen molar-refractivity contribution in [1.29, 1.82) is 0 Å². The van der Waals surface area contributed by atoms with Crippen molar-refractivity contribution < 1.29 is 18.0 Å². The first-order valence-electron chi connectivity index (χ1n) is 2.33. The third-order valence-corrected chi connectivity index (χ3v) is 0.413. The van der Waals surface area contributed by atoms with Crippen molar-refractivity contribution in [2.45, 2.75) is 19.7 Å². The van der Waals surface area contributed by atoms with Crippen LogP contribution >= 0.6 is 0 Å². The Bertz CT molecular complexity index is 98.5. The molecule has 54 valence electrons. The van der Waals surface area contributed by atoms with Gasteiger partial charge < -0.3 is 0 Å². The van der Waals surface area contributed by atoms with Crippen LogP contribution in [0.25, 0.3) is 0 Å². The summed E-state index contributed by atoms with van der Waals surface area (Å²) in [5.74, 6) is 0. The molecule has 0 bridgehead atoms. The Kier molecular flexibility index (Phi) is 3.05. The normalized spacial score (nSPS) is 12.4. The van der Waals surface area contributed by atoms with Crippen molar-refractivity contribution in [1.82, 2.24) is 0 Å². The van der Waals surface area contributed by atoms with Gasteiger partial charge in [-0.15, -0.1) is 13.2 Å². The van der Waals surface area contributed by atoms with E-state index in [1.807, 2.05) is 0 Å². The summed E-state index contributed by atoms with van der Waals surface area (Å²) < 4.78 is 33.1. The highest BCUT2D eigenvalue weighted by Gasteiger charge is 2.30. The number of alkyl halides is 3. The molecular weight excluding hydrogens is 135 g/mol. The Balaban J connectivity index is 3.38. The van der Waals surface area contributed by atoms with Gasteiger partial charge in [-0.2, -0.15) is 0 Å². The summed E-state index contributed by atoms with van der Waals surface area (Å²) in [6, 6.07) is 0. The molecule has 0 radical (unpaired) electrons. The molecule has 0 atom stereocenters. The number of rotatable bonds is 2. The zero-order valence-corrected chi connectivity index (χ0v) is 4.77. The molecule has 0 aliphatic carbocycles. The van der Waals surface area contributed by atoms with Crippen molar-refractivity contribution >= 4 is 6.21 Å². The molecule has 0 amide bonds. The van der Waals surface area contributed by atoms with Gasteiger partial charge in [0.15, 0.2) is 0 Å². The van der Waals surface area contributed by atoms with Crippen LogP contribution in [0.2, 0.25) is 0 Å². The summed E-state index contributed by atoms with van der Waals surface area (Å²) in [5.41, 5.74) is 0. The Morgan fingerprint density at radius 3 is 2.44 bits per heavy atom. The Morgan fingerprint density at radius 2 is 2.11 bits per heavy atom. The van der Waals surface area contributed by atoms with E-state index in [2.05, 4.69) is 9.99 Å². The highest BCUT2D eigenvalue weighted by Crippen LogP contribution is 2.15. The predicted molar refractivity (Wildman–Crippen MR) is 25.9 cm³/mol. The van der Waals surface area contributed by atoms with Gasteiger partial charge in [0.2, 0.25) is 0 Å². The van der Waals surface area contributed by atoms with E-state index in [0.717, 1.165) is 6.21 Å². The molecule has 0 spiro atoms. The number of halogens is 3. The molecule has 0 aliphatic heterocycles. The van der Waals surface area contributed by atoms with Gasteiger partial charge in [0, 0.05) is 6.21 Å². The van der Waals surface area contributed by atoms with E-state index >= 15 is 0 Å². The second kappa shape index (κ2) is 3.32. The van der Waals surface area contributed by atoms with Crippen LogP contribution in [0.4, 0.5) is 13.2 Å². The monoisotopic (exact) mass is 141 g/mol. The summed E-state index contributed by atoms with van der Waals surface area (Å²) in [4.78, 5) is 3.04. The van der Waals surface area contributed by atoms with E-state index in [-0.39, 0.29) is 0 Å². The van der Waals surface area contributed by atoms with E-state index in [0.29, 0.717) is 6.42 Å². The fraction of sp³-hybridized carbons (Fsp3) is 0.750. The first-order chi connectivity index (χ1) is 4.06.